The molecule has 0 atom stereocenters. The highest BCUT2D eigenvalue weighted by Gasteiger charge is 2.22. The van der Waals surface area contributed by atoms with Gasteiger partial charge in [0.25, 0.3) is 0 Å². The Bertz CT molecular complexity index is 448. The number of hydrogen-bond acceptors (Lipinski definition) is 3. The summed E-state index contributed by atoms with van der Waals surface area (Å²) in [5.41, 5.74) is 0.653. The number of halogens is 1. The molecule has 1 heterocycles. The maximum Gasteiger partial charge on any atom is 0.171 e. The van der Waals surface area contributed by atoms with Gasteiger partial charge in [-0.3, -0.25) is 4.79 Å². The van der Waals surface area contributed by atoms with Crippen molar-refractivity contribution in [3.8, 4) is 11.8 Å². The van der Waals surface area contributed by atoms with Gasteiger partial charge in [-0.2, -0.15) is 5.26 Å². The lowest BCUT2D eigenvalue weighted by molar-refractivity contribution is 0.0933. The molecule has 2 rings (SSSR count). The lowest BCUT2D eigenvalue weighted by Crippen LogP contribution is -2.16. The fourth-order valence-electron chi connectivity index (χ4n) is 1.45. The summed E-state index contributed by atoms with van der Waals surface area (Å²) in [6.45, 7) is 0.358. The lowest BCUT2D eigenvalue weighted by atomic mass is 9.99. The van der Waals surface area contributed by atoms with Crippen molar-refractivity contribution in [3.63, 3.8) is 0 Å². The quantitative estimate of drug-likeness (QED) is 0.655. The topological polar surface area (TPSA) is 50.1 Å². The summed E-state index contributed by atoms with van der Waals surface area (Å²) in [7, 11) is 0. The molecule has 0 saturated heterocycles. The van der Waals surface area contributed by atoms with Gasteiger partial charge in [0.15, 0.2) is 5.78 Å². The van der Waals surface area contributed by atoms with Gasteiger partial charge in [-0.25, -0.2) is 0 Å². The zero-order valence-corrected chi connectivity index (χ0v) is 7.97. The molecule has 0 amide bonds. The molecule has 4 heteroatoms. The molecule has 0 spiro atoms. The first-order valence-corrected chi connectivity index (χ1v) is 4.50. The van der Waals surface area contributed by atoms with Crippen LogP contribution >= 0.6 is 11.6 Å². The standard InChI is InChI=1S/C10H6ClNO2/c11-7-3-6(5-12)10-8(13)1-2-14-9(10)4-7/h3-4H,1-2H2. The van der Waals surface area contributed by atoms with Crippen molar-refractivity contribution in [3.05, 3.63) is 28.3 Å². The molecule has 14 heavy (non-hydrogen) atoms. The Balaban J connectivity index is 2.69. The molecule has 0 N–H and O–H groups in total. The maximum absolute atomic E-state index is 11.5. The summed E-state index contributed by atoms with van der Waals surface area (Å²) >= 11 is 5.77. The minimum atomic E-state index is -0.0560. The molecule has 0 aliphatic carbocycles. The van der Waals surface area contributed by atoms with Crippen molar-refractivity contribution in [2.24, 2.45) is 0 Å². The van der Waals surface area contributed by atoms with E-state index < -0.39 is 0 Å². The van der Waals surface area contributed by atoms with Crippen molar-refractivity contribution in [2.75, 3.05) is 6.61 Å². The number of rotatable bonds is 0. The van der Waals surface area contributed by atoms with E-state index in [0.717, 1.165) is 0 Å². The van der Waals surface area contributed by atoms with Crippen LogP contribution in [0.4, 0.5) is 0 Å². The van der Waals surface area contributed by atoms with E-state index in [4.69, 9.17) is 21.6 Å². The largest absolute Gasteiger partial charge is 0.492 e. The highest BCUT2D eigenvalue weighted by Crippen LogP contribution is 2.31. The number of carbonyl (C=O) groups is 1. The van der Waals surface area contributed by atoms with Gasteiger partial charge in [0, 0.05) is 11.4 Å². The van der Waals surface area contributed by atoms with Gasteiger partial charge in [0.05, 0.1) is 17.7 Å². The zero-order chi connectivity index (χ0) is 10.1. The minimum absolute atomic E-state index is 0.0560. The summed E-state index contributed by atoms with van der Waals surface area (Å²) in [6, 6.07) is 4.98. The normalized spacial score (nSPS) is 14.1. The van der Waals surface area contributed by atoms with Crippen molar-refractivity contribution in [1.82, 2.24) is 0 Å². The van der Waals surface area contributed by atoms with Crippen LogP contribution in [0.15, 0.2) is 12.1 Å². The summed E-state index contributed by atoms with van der Waals surface area (Å²) in [6.07, 6.45) is 0.323. The van der Waals surface area contributed by atoms with Crippen LogP contribution in [0, 0.1) is 11.3 Å². The predicted octanol–water partition coefficient (Wildman–Crippen LogP) is 2.18. The Morgan fingerprint density at radius 3 is 3.00 bits per heavy atom. The molecule has 0 radical (unpaired) electrons. The molecular formula is C10H6ClNO2. The van der Waals surface area contributed by atoms with Gasteiger partial charge >= 0.3 is 0 Å². The highest BCUT2D eigenvalue weighted by atomic mass is 35.5. The molecular weight excluding hydrogens is 202 g/mol. The molecule has 0 saturated carbocycles. The first-order valence-electron chi connectivity index (χ1n) is 4.12. The van der Waals surface area contributed by atoms with Crippen molar-refractivity contribution >= 4 is 17.4 Å². The average molecular weight is 208 g/mol. The second-order valence-electron chi connectivity index (χ2n) is 2.96. The number of nitrogens with zero attached hydrogens (tertiary/aromatic N) is 1. The highest BCUT2D eigenvalue weighted by molar-refractivity contribution is 6.31. The number of nitriles is 1. The molecule has 0 bridgehead atoms. The number of Topliss-reactive ketones (excluding diaryl/α,β-unsaturated/α-hetero) is 1. The number of fused-ring (bicyclic) bond motifs is 1. The van der Waals surface area contributed by atoms with Crippen LogP contribution in [-0.4, -0.2) is 12.4 Å². The fraction of sp³-hybridized carbons (Fsp3) is 0.200. The van der Waals surface area contributed by atoms with Gasteiger partial charge in [0.1, 0.15) is 11.8 Å². The first kappa shape index (κ1) is 9.04. The van der Waals surface area contributed by atoms with Crippen molar-refractivity contribution in [2.45, 2.75) is 6.42 Å². The van der Waals surface area contributed by atoms with E-state index in [2.05, 4.69) is 0 Å². The number of benzene rings is 1. The molecule has 0 aromatic heterocycles. The second kappa shape index (κ2) is 3.32. The van der Waals surface area contributed by atoms with Crippen LogP contribution < -0.4 is 4.74 Å². The molecule has 1 aliphatic heterocycles. The summed E-state index contributed by atoms with van der Waals surface area (Å²) < 4.78 is 5.26. The Labute approximate surface area is 85.9 Å². The monoisotopic (exact) mass is 207 g/mol. The van der Waals surface area contributed by atoms with Crippen molar-refractivity contribution < 1.29 is 9.53 Å². The van der Waals surface area contributed by atoms with E-state index >= 15 is 0 Å². The third-order valence-corrected chi connectivity index (χ3v) is 2.27. The van der Waals surface area contributed by atoms with E-state index in [1.165, 1.54) is 6.07 Å². The van der Waals surface area contributed by atoms with Crippen molar-refractivity contribution in [1.29, 1.82) is 5.26 Å². The molecule has 1 aromatic carbocycles. The Kier molecular flexibility index (Phi) is 2.14. The number of ether oxygens (including phenoxy) is 1. The zero-order valence-electron chi connectivity index (χ0n) is 7.21. The molecule has 3 nitrogen and oxygen atoms in total. The van der Waals surface area contributed by atoms with Crippen LogP contribution in [0.5, 0.6) is 5.75 Å². The Hall–Kier alpha value is -1.53. The summed E-state index contributed by atoms with van der Waals surface area (Å²) in [5.74, 6) is 0.366. The number of ketones is 1. The van der Waals surface area contributed by atoms with E-state index in [-0.39, 0.29) is 11.3 Å². The average Bonchev–Trinajstić information content (AvgIpc) is 2.16. The molecule has 1 aliphatic rings. The number of carbonyl (C=O) groups excluding carboxylic acids is 1. The van der Waals surface area contributed by atoms with Crippen LogP contribution in [0.1, 0.15) is 22.3 Å². The van der Waals surface area contributed by atoms with Gasteiger partial charge in [-0.05, 0) is 12.1 Å². The first-order chi connectivity index (χ1) is 6.72. The molecule has 0 fully saturated rings. The molecule has 0 unspecified atom stereocenters. The third kappa shape index (κ3) is 1.34. The van der Waals surface area contributed by atoms with Gasteiger partial charge in [-0.15, -0.1) is 0 Å². The van der Waals surface area contributed by atoms with E-state index in [1.54, 1.807) is 6.07 Å². The minimum Gasteiger partial charge on any atom is -0.492 e. The van der Waals surface area contributed by atoms with Crippen LogP contribution in [0.2, 0.25) is 5.02 Å². The lowest BCUT2D eigenvalue weighted by Gasteiger charge is -2.17. The third-order valence-electron chi connectivity index (χ3n) is 2.05. The van der Waals surface area contributed by atoms with E-state index in [0.29, 0.717) is 29.4 Å². The maximum atomic E-state index is 11.5. The smallest absolute Gasteiger partial charge is 0.171 e. The summed E-state index contributed by atoms with van der Waals surface area (Å²) in [5, 5.41) is 9.23. The Morgan fingerprint density at radius 1 is 1.50 bits per heavy atom. The van der Waals surface area contributed by atoms with E-state index in [1.807, 2.05) is 6.07 Å². The molecule has 70 valence electrons. The summed E-state index contributed by atoms with van der Waals surface area (Å²) in [4.78, 5) is 11.5. The van der Waals surface area contributed by atoms with Gasteiger partial charge in [-0.1, -0.05) is 11.6 Å². The van der Waals surface area contributed by atoms with Gasteiger partial charge in [0.2, 0.25) is 0 Å². The van der Waals surface area contributed by atoms with E-state index in [9.17, 15) is 4.79 Å². The predicted molar refractivity (Wildman–Crippen MR) is 50.6 cm³/mol. The van der Waals surface area contributed by atoms with Crippen LogP contribution in [0.25, 0.3) is 0 Å². The Morgan fingerprint density at radius 2 is 2.29 bits per heavy atom. The van der Waals surface area contributed by atoms with Gasteiger partial charge < -0.3 is 4.74 Å². The van der Waals surface area contributed by atoms with Crippen LogP contribution in [0.3, 0.4) is 0 Å². The number of hydrogen-bond donors (Lipinski definition) is 0. The van der Waals surface area contributed by atoms with Crippen LogP contribution in [-0.2, 0) is 0 Å². The molecule has 1 aromatic rings. The SMILES string of the molecule is N#Cc1cc(Cl)cc2c1C(=O)CCO2. The fourth-order valence-corrected chi connectivity index (χ4v) is 1.66. The second-order valence-corrected chi connectivity index (χ2v) is 3.40.